The Morgan fingerprint density at radius 2 is 1.41 bits per heavy atom. The average molecular weight is 428 g/mol. The minimum absolute atomic E-state index is 0.0224. The monoisotopic (exact) mass is 427 g/mol. The van der Waals surface area contributed by atoms with Gasteiger partial charge in [0, 0.05) is 16.4 Å². The molecule has 4 nitrogen and oxygen atoms in total. The molecule has 0 amide bonds. The van der Waals surface area contributed by atoms with E-state index in [0.717, 1.165) is 22.7 Å². The van der Waals surface area contributed by atoms with E-state index >= 15 is 0 Å². The summed E-state index contributed by atoms with van der Waals surface area (Å²) in [5, 5.41) is 9.42. The molecule has 0 unspecified atom stereocenters. The van der Waals surface area contributed by atoms with Gasteiger partial charge in [-0.1, -0.05) is 90.1 Å². The first-order valence-corrected chi connectivity index (χ1v) is 10.6. The van der Waals surface area contributed by atoms with Gasteiger partial charge < -0.3 is 9.47 Å². The maximum absolute atomic E-state index is 12.1. The minimum atomic E-state index is -0.621. The predicted octanol–water partition coefficient (Wildman–Crippen LogP) is 6.78. The van der Waals surface area contributed by atoms with Gasteiger partial charge in [-0.05, 0) is 29.4 Å². The number of carbonyl (C=O) groups excluding carboxylic acids is 1. The maximum atomic E-state index is 12.1. The summed E-state index contributed by atoms with van der Waals surface area (Å²) >= 11 is 0. The van der Waals surface area contributed by atoms with Gasteiger partial charge in [0.15, 0.2) is 0 Å². The van der Waals surface area contributed by atoms with Gasteiger partial charge in [0.2, 0.25) is 0 Å². The number of esters is 1. The Hall–Kier alpha value is -3.58. The molecule has 164 valence electrons. The second-order valence-electron chi connectivity index (χ2n) is 9.82. The Kier molecular flexibility index (Phi) is 6.41. The molecule has 2 aliphatic rings. The normalized spacial score (nSPS) is 18.3. The summed E-state index contributed by atoms with van der Waals surface area (Å²) in [6.45, 7) is 12.8. The van der Waals surface area contributed by atoms with E-state index in [1.807, 2.05) is 66.8 Å². The van der Waals surface area contributed by atoms with Crippen molar-refractivity contribution in [2.45, 2.75) is 41.5 Å². The molecule has 4 heteroatoms. The summed E-state index contributed by atoms with van der Waals surface area (Å²) in [6.07, 6.45) is 11.5. The fourth-order valence-electron chi connectivity index (χ4n) is 3.20. The lowest BCUT2D eigenvalue weighted by Crippen LogP contribution is -2.21. The lowest BCUT2D eigenvalue weighted by atomic mass is 9.87. The third-order valence-electron chi connectivity index (χ3n) is 5.02. The SMILES string of the molecule is CC(C)(C)C1=CC(=C/C=C/C=C2\OC(=O)C(C#N)=C2c2ccccc2)C=C(C(C)(C)C)O1. The van der Waals surface area contributed by atoms with Gasteiger partial charge in [-0.2, -0.15) is 5.26 Å². The first-order chi connectivity index (χ1) is 15.0. The van der Waals surface area contributed by atoms with E-state index in [-0.39, 0.29) is 16.4 Å². The standard InChI is InChI=1S/C28H29NO3/c1-27(2,3)23-16-19(17-24(32-23)28(4,5)6)12-10-11-15-22-25(20-13-8-7-9-14-20)21(18-29)26(30)31-22/h7-17H,1-6H3/b11-10+,22-15-. The van der Waals surface area contributed by atoms with Crippen LogP contribution in [0.3, 0.4) is 0 Å². The number of ether oxygens (including phenoxy) is 2. The zero-order chi connectivity index (χ0) is 23.5. The molecule has 0 spiro atoms. The smallest absolute Gasteiger partial charge is 0.355 e. The van der Waals surface area contributed by atoms with Crippen LogP contribution in [0.2, 0.25) is 0 Å². The van der Waals surface area contributed by atoms with Crippen LogP contribution in [0.5, 0.6) is 0 Å². The van der Waals surface area contributed by atoms with Crippen LogP contribution in [-0.2, 0) is 14.3 Å². The van der Waals surface area contributed by atoms with Crippen LogP contribution in [0.1, 0.15) is 47.1 Å². The van der Waals surface area contributed by atoms with E-state index in [0.29, 0.717) is 11.3 Å². The van der Waals surface area contributed by atoms with Crippen molar-refractivity contribution >= 4 is 11.5 Å². The van der Waals surface area contributed by atoms with Crippen molar-refractivity contribution in [3.63, 3.8) is 0 Å². The van der Waals surface area contributed by atoms with Crippen molar-refractivity contribution in [3.05, 3.63) is 101 Å². The van der Waals surface area contributed by atoms with Gasteiger partial charge in [0.05, 0.1) is 0 Å². The van der Waals surface area contributed by atoms with Gasteiger partial charge >= 0.3 is 5.97 Å². The first kappa shape index (κ1) is 23.1. The molecule has 0 saturated heterocycles. The number of benzene rings is 1. The largest absolute Gasteiger partial charge is 0.465 e. The molecule has 2 heterocycles. The molecule has 0 saturated carbocycles. The second kappa shape index (κ2) is 8.88. The van der Waals surface area contributed by atoms with Crippen molar-refractivity contribution in [1.82, 2.24) is 0 Å². The van der Waals surface area contributed by atoms with Crippen LogP contribution in [0.4, 0.5) is 0 Å². The van der Waals surface area contributed by atoms with E-state index in [1.165, 1.54) is 0 Å². The van der Waals surface area contributed by atoms with Crippen molar-refractivity contribution < 1.29 is 14.3 Å². The van der Waals surface area contributed by atoms with Crippen LogP contribution in [0.15, 0.2) is 95.2 Å². The Labute approximate surface area is 190 Å². The van der Waals surface area contributed by atoms with Gasteiger partial charge in [-0.15, -0.1) is 0 Å². The van der Waals surface area contributed by atoms with Gasteiger partial charge in [0.25, 0.3) is 0 Å². The van der Waals surface area contributed by atoms with E-state index in [1.54, 1.807) is 6.08 Å². The number of rotatable bonds is 3. The summed E-state index contributed by atoms with van der Waals surface area (Å²) in [5.74, 6) is 1.58. The number of nitriles is 1. The highest BCUT2D eigenvalue weighted by molar-refractivity contribution is 6.10. The van der Waals surface area contributed by atoms with E-state index in [4.69, 9.17) is 9.47 Å². The molecule has 1 aromatic carbocycles. The number of carbonyl (C=O) groups is 1. The van der Waals surface area contributed by atoms with Crippen LogP contribution in [0.25, 0.3) is 5.57 Å². The molecule has 0 N–H and O–H groups in total. The quantitative estimate of drug-likeness (QED) is 0.499. The Morgan fingerprint density at radius 1 is 0.844 bits per heavy atom. The Bertz CT molecular complexity index is 1100. The second-order valence-corrected chi connectivity index (χ2v) is 9.82. The molecule has 2 aliphatic heterocycles. The average Bonchev–Trinajstić information content (AvgIpc) is 3.05. The highest BCUT2D eigenvalue weighted by Crippen LogP contribution is 2.39. The molecule has 3 rings (SSSR count). The summed E-state index contributed by atoms with van der Waals surface area (Å²) in [7, 11) is 0. The molecular weight excluding hydrogens is 398 g/mol. The van der Waals surface area contributed by atoms with Crippen LogP contribution in [0, 0.1) is 22.2 Å². The fourth-order valence-corrected chi connectivity index (χ4v) is 3.20. The molecule has 0 bridgehead atoms. The number of hydrogen-bond acceptors (Lipinski definition) is 4. The Balaban J connectivity index is 1.93. The molecule has 0 atom stereocenters. The number of nitrogens with zero attached hydrogens (tertiary/aromatic N) is 1. The van der Waals surface area contributed by atoms with Crippen molar-refractivity contribution in [2.24, 2.45) is 10.8 Å². The highest BCUT2D eigenvalue weighted by Gasteiger charge is 2.31. The third-order valence-corrected chi connectivity index (χ3v) is 5.02. The topological polar surface area (TPSA) is 59.3 Å². The van der Waals surface area contributed by atoms with Crippen LogP contribution in [-0.4, -0.2) is 5.97 Å². The van der Waals surface area contributed by atoms with Crippen molar-refractivity contribution in [3.8, 4) is 6.07 Å². The molecule has 32 heavy (non-hydrogen) atoms. The zero-order valence-electron chi connectivity index (χ0n) is 19.5. The summed E-state index contributed by atoms with van der Waals surface area (Å²) in [6, 6.07) is 11.3. The third kappa shape index (κ3) is 5.18. The van der Waals surface area contributed by atoms with Gasteiger partial charge in [-0.25, -0.2) is 4.79 Å². The summed E-state index contributed by atoms with van der Waals surface area (Å²) in [4.78, 5) is 12.1. The van der Waals surface area contributed by atoms with E-state index in [9.17, 15) is 10.1 Å². The zero-order valence-corrected chi connectivity index (χ0v) is 19.5. The lowest BCUT2D eigenvalue weighted by molar-refractivity contribution is -0.132. The van der Waals surface area contributed by atoms with Crippen LogP contribution >= 0.6 is 0 Å². The molecule has 0 aromatic heterocycles. The molecular formula is C28H29NO3. The molecule has 1 aromatic rings. The van der Waals surface area contributed by atoms with E-state index in [2.05, 4.69) is 41.5 Å². The highest BCUT2D eigenvalue weighted by atomic mass is 16.5. The number of allylic oxidation sites excluding steroid dienone is 10. The molecule has 0 radical (unpaired) electrons. The number of hydrogen-bond donors (Lipinski definition) is 0. The summed E-state index contributed by atoms with van der Waals surface area (Å²) in [5.41, 5.74) is 2.11. The first-order valence-electron chi connectivity index (χ1n) is 10.6. The predicted molar refractivity (Wildman–Crippen MR) is 127 cm³/mol. The molecule has 0 aliphatic carbocycles. The minimum Gasteiger partial charge on any atom is -0.465 e. The van der Waals surface area contributed by atoms with Crippen LogP contribution < -0.4 is 0 Å². The van der Waals surface area contributed by atoms with E-state index < -0.39 is 5.97 Å². The van der Waals surface area contributed by atoms with Crippen molar-refractivity contribution in [2.75, 3.05) is 0 Å². The maximum Gasteiger partial charge on any atom is 0.355 e. The number of cyclic esters (lactones) is 1. The Morgan fingerprint density at radius 3 is 1.94 bits per heavy atom. The van der Waals surface area contributed by atoms with Gasteiger partial charge in [0.1, 0.15) is 28.9 Å². The fraction of sp³-hybridized carbons (Fsp3) is 0.286. The van der Waals surface area contributed by atoms with Gasteiger partial charge in [-0.3, -0.25) is 0 Å². The summed E-state index contributed by atoms with van der Waals surface area (Å²) < 4.78 is 11.5. The van der Waals surface area contributed by atoms with Crippen molar-refractivity contribution in [1.29, 1.82) is 5.26 Å². The lowest BCUT2D eigenvalue weighted by Gasteiger charge is -2.32. The molecule has 0 fully saturated rings.